The van der Waals surface area contributed by atoms with Crippen molar-refractivity contribution in [1.82, 2.24) is 29.5 Å². The monoisotopic (exact) mass is 338 g/mol. The zero-order valence-electron chi connectivity index (χ0n) is 13.8. The Balaban J connectivity index is 1.56. The van der Waals surface area contributed by atoms with Gasteiger partial charge in [-0.3, -0.25) is 14.5 Å². The van der Waals surface area contributed by atoms with Crippen LogP contribution in [0.2, 0.25) is 0 Å². The van der Waals surface area contributed by atoms with E-state index in [1.54, 1.807) is 24.9 Å². The van der Waals surface area contributed by atoms with Crippen molar-refractivity contribution in [2.75, 3.05) is 0 Å². The first-order chi connectivity index (χ1) is 12.9. The van der Waals surface area contributed by atoms with Gasteiger partial charge in [0.2, 0.25) is 0 Å². The third kappa shape index (κ3) is 2.57. The lowest BCUT2D eigenvalue weighted by atomic mass is 9.98. The smallest absolute Gasteiger partial charge is 0.197 e. The highest BCUT2D eigenvalue weighted by atomic mass is 15.1. The third-order valence-electron chi connectivity index (χ3n) is 4.34. The summed E-state index contributed by atoms with van der Waals surface area (Å²) in [7, 11) is 0. The predicted molar refractivity (Wildman–Crippen MR) is 99.8 cm³/mol. The zero-order valence-corrected chi connectivity index (χ0v) is 13.8. The number of nitrogens with zero attached hydrogens (tertiary/aromatic N) is 6. The topological polar surface area (TPSA) is 69.4 Å². The third-order valence-corrected chi connectivity index (χ3v) is 4.34. The van der Waals surface area contributed by atoms with Gasteiger partial charge in [-0.25, -0.2) is 15.0 Å². The zero-order chi connectivity index (χ0) is 17.3. The van der Waals surface area contributed by atoms with E-state index in [2.05, 4.69) is 32.1 Å². The van der Waals surface area contributed by atoms with Crippen LogP contribution >= 0.6 is 0 Å². The van der Waals surface area contributed by atoms with Crippen molar-refractivity contribution in [3.05, 3.63) is 78.3 Å². The molecule has 5 rings (SSSR count). The van der Waals surface area contributed by atoms with Gasteiger partial charge in [-0.15, -0.1) is 0 Å². The molecule has 4 aromatic rings. The van der Waals surface area contributed by atoms with Crippen molar-refractivity contribution in [2.45, 2.75) is 6.42 Å². The van der Waals surface area contributed by atoms with E-state index in [-0.39, 0.29) is 0 Å². The summed E-state index contributed by atoms with van der Waals surface area (Å²) in [5.74, 6) is 0. The summed E-state index contributed by atoms with van der Waals surface area (Å²) in [6.07, 6.45) is 15.8. The lowest BCUT2D eigenvalue weighted by Gasteiger charge is -2.11. The lowest BCUT2D eigenvalue weighted by molar-refractivity contribution is 1.08. The van der Waals surface area contributed by atoms with Gasteiger partial charge < -0.3 is 0 Å². The van der Waals surface area contributed by atoms with Gasteiger partial charge in [0.25, 0.3) is 0 Å². The van der Waals surface area contributed by atoms with E-state index in [0.29, 0.717) is 5.65 Å². The SMILES string of the molecule is C1=Cc2ncccc2CC1=Cn1cnc2ncc(-c3ccncc3)nc21. The predicted octanol–water partition coefficient (Wildman–Crippen LogP) is 3.39. The van der Waals surface area contributed by atoms with Gasteiger partial charge in [-0.2, -0.15) is 0 Å². The second kappa shape index (κ2) is 6.00. The van der Waals surface area contributed by atoms with Crippen LogP contribution in [0.25, 0.3) is 34.8 Å². The number of hydrogen-bond donors (Lipinski definition) is 0. The molecule has 1 aliphatic rings. The van der Waals surface area contributed by atoms with Gasteiger partial charge in [0.15, 0.2) is 11.3 Å². The van der Waals surface area contributed by atoms with E-state index >= 15 is 0 Å². The average Bonchev–Trinajstić information content (AvgIpc) is 3.10. The molecule has 0 N–H and O–H groups in total. The second-order valence-electron chi connectivity index (χ2n) is 6.05. The van der Waals surface area contributed by atoms with Crippen molar-refractivity contribution in [1.29, 1.82) is 0 Å². The molecule has 0 unspecified atom stereocenters. The Morgan fingerprint density at radius 3 is 2.81 bits per heavy atom. The van der Waals surface area contributed by atoms with Gasteiger partial charge >= 0.3 is 0 Å². The lowest BCUT2D eigenvalue weighted by Crippen LogP contribution is -2.00. The van der Waals surface area contributed by atoms with E-state index < -0.39 is 0 Å². The molecule has 4 heterocycles. The van der Waals surface area contributed by atoms with E-state index in [0.717, 1.165) is 29.0 Å². The summed E-state index contributed by atoms with van der Waals surface area (Å²) in [6.45, 7) is 0. The van der Waals surface area contributed by atoms with Gasteiger partial charge in [-0.1, -0.05) is 12.1 Å². The van der Waals surface area contributed by atoms with Crippen LogP contribution in [-0.4, -0.2) is 29.5 Å². The minimum absolute atomic E-state index is 0.626. The molecule has 6 nitrogen and oxygen atoms in total. The summed E-state index contributed by atoms with van der Waals surface area (Å²) in [5, 5.41) is 0. The molecule has 124 valence electrons. The number of fused-ring (bicyclic) bond motifs is 2. The molecule has 0 amide bonds. The maximum absolute atomic E-state index is 4.74. The van der Waals surface area contributed by atoms with Gasteiger partial charge in [0.05, 0.1) is 17.6 Å². The van der Waals surface area contributed by atoms with Gasteiger partial charge in [0.1, 0.15) is 6.33 Å². The molecule has 0 atom stereocenters. The van der Waals surface area contributed by atoms with Crippen LogP contribution in [0.1, 0.15) is 11.3 Å². The Morgan fingerprint density at radius 1 is 0.962 bits per heavy atom. The molecular weight excluding hydrogens is 324 g/mol. The van der Waals surface area contributed by atoms with Crippen molar-refractivity contribution in [3.63, 3.8) is 0 Å². The van der Waals surface area contributed by atoms with Gasteiger partial charge in [-0.05, 0) is 35.4 Å². The Labute approximate surface area is 149 Å². The summed E-state index contributed by atoms with van der Waals surface area (Å²) in [5.41, 5.74) is 6.55. The summed E-state index contributed by atoms with van der Waals surface area (Å²) >= 11 is 0. The number of rotatable bonds is 2. The quantitative estimate of drug-likeness (QED) is 0.560. The summed E-state index contributed by atoms with van der Waals surface area (Å²) in [4.78, 5) is 22.0. The highest BCUT2D eigenvalue weighted by Gasteiger charge is 2.11. The first-order valence-corrected chi connectivity index (χ1v) is 8.29. The average molecular weight is 338 g/mol. The molecule has 0 bridgehead atoms. The molecule has 0 fully saturated rings. The molecule has 0 aromatic carbocycles. The van der Waals surface area contributed by atoms with Crippen molar-refractivity contribution in [3.8, 4) is 11.3 Å². The summed E-state index contributed by atoms with van der Waals surface area (Å²) in [6, 6.07) is 7.91. The fourth-order valence-corrected chi connectivity index (χ4v) is 3.05. The van der Waals surface area contributed by atoms with E-state index in [4.69, 9.17) is 4.98 Å². The van der Waals surface area contributed by atoms with Crippen LogP contribution in [-0.2, 0) is 6.42 Å². The normalized spacial score (nSPS) is 14.7. The minimum atomic E-state index is 0.626. The van der Waals surface area contributed by atoms with Crippen LogP contribution in [0, 0.1) is 0 Å². The maximum Gasteiger partial charge on any atom is 0.197 e. The summed E-state index contributed by atoms with van der Waals surface area (Å²) < 4.78 is 1.92. The molecule has 1 aliphatic carbocycles. The van der Waals surface area contributed by atoms with E-state index in [1.165, 1.54) is 11.1 Å². The molecule has 6 heteroatoms. The highest BCUT2D eigenvalue weighted by Crippen LogP contribution is 2.22. The molecule has 0 saturated carbocycles. The molecule has 0 aliphatic heterocycles. The fraction of sp³-hybridized carbons (Fsp3) is 0.0500. The van der Waals surface area contributed by atoms with Crippen LogP contribution < -0.4 is 0 Å². The molecule has 0 saturated heterocycles. The number of allylic oxidation sites excluding steroid dienone is 2. The van der Waals surface area contributed by atoms with Crippen LogP contribution in [0.5, 0.6) is 0 Å². The first kappa shape index (κ1) is 14.7. The van der Waals surface area contributed by atoms with Crippen molar-refractivity contribution < 1.29 is 0 Å². The number of aromatic nitrogens is 6. The van der Waals surface area contributed by atoms with Crippen LogP contribution in [0.15, 0.2) is 67.0 Å². The Hall–Kier alpha value is -3.67. The Bertz CT molecular complexity index is 1160. The Morgan fingerprint density at radius 2 is 1.88 bits per heavy atom. The second-order valence-corrected chi connectivity index (χ2v) is 6.05. The maximum atomic E-state index is 4.74. The fourth-order valence-electron chi connectivity index (χ4n) is 3.05. The highest BCUT2D eigenvalue weighted by molar-refractivity contribution is 5.73. The molecule has 0 spiro atoms. The van der Waals surface area contributed by atoms with Crippen molar-refractivity contribution in [2.24, 2.45) is 0 Å². The number of imidazole rings is 1. The van der Waals surface area contributed by atoms with Crippen LogP contribution in [0.4, 0.5) is 0 Å². The number of pyridine rings is 2. The largest absolute Gasteiger partial charge is 0.289 e. The van der Waals surface area contributed by atoms with Crippen molar-refractivity contribution >= 4 is 23.6 Å². The molecule has 26 heavy (non-hydrogen) atoms. The molecular formula is C20H14N6. The van der Waals surface area contributed by atoms with Crippen LogP contribution in [0.3, 0.4) is 0 Å². The molecule has 4 aromatic heterocycles. The Kier molecular flexibility index (Phi) is 3.38. The minimum Gasteiger partial charge on any atom is -0.289 e. The standard InChI is InChI=1S/C20H14N6/c1-2-16-10-14(3-4-17(16)22-7-1)12-26-13-24-19-20(26)25-18(11-23-19)15-5-8-21-9-6-15/h1-9,11-13H,10H2. The molecule has 0 radical (unpaired) electrons. The first-order valence-electron chi connectivity index (χ1n) is 8.29. The van der Waals surface area contributed by atoms with E-state index in [9.17, 15) is 0 Å². The van der Waals surface area contributed by atoms with Gasteiger partial charge in [0, 0.05) is 36.8 Å². The van der Waals surface area contributed by atoms with E-state index in [1.807, 2.05) is 41.2 Å². The number of hydrogen-bond acceptors (Lipinski definition) is 5.